The van der Waals surface area contributed by atoms with Gasteiger partial charge in [-0.05, 0) is 48.4 Å². The molecule has 2 aromatic carbocycles. The Kier molecular flexibility index (Phi) is 6.26. The molecule has 1 aliphatic heterocycles. The quantitative estimate of drug-likeness (QED) is 0.540. The minimum Gasteiger partial charge on any atom is -0.378 e. The van der Waals surface area contributed by atoms with E-state index in [1.165, 1.54) is 0 Å². The minimum atomic E-state index is -3.17. The summed E-state index contributed by atoms with van der Waals surface area (Å²) in [5.74, 6) is 0.124. The largest absolute Gasteiger partial charge is 0.378 e. The van der Waals surface area contributed by atoms with Gasteiger partial charge in [0.05, 0.1) is 11.5 Å². The van der Waals surface area contributed by atoms with Gasteiger partial charge in [0.1, 0.15) is 0 Å². The van der Waals surface area contributed by atoms with Crippen LogP contribution in [0.4, 0.5) is 5.69 Å². The molecular weight excluding hydrogens is 450 g/mol. The average Bonchev–Trinajstić information content (AvgIpc) is 3.39. The smallest absolute Gasteiger partial charge is 0.276 e. The lowest BCUT2D eigenvalue weighted by Gasteiger charge is -2.27. The molecule has 0 saturated carbocycles. The van der Waals surface area contributed by atoms with Crippen LogP contribution in [0.25, 0.3) is 11.3 Å². The fraction of sp³-hybridized carbons (Fsp3) is 0.304. The van der Waals surface area contributed by atoms with Crippen molar-refractivity contribution in [2.24, 2.45) is 0 Å². The summed E-state index contributed by atoms with van der Waals surface area (Å²) in [5.41, 5.74) is 2.84. The Morgan fingerprint density at radius 3 is 2.41 bits per heavy atom. The first-order valence-electron chi connectivity index (χ1n) is 10.2. The molecule has 1 aromatic heterocycles. The predicted octanol–water partition coefficient (Wildman–Crippen LogP) is 3.89. The van der Waals surface area contributed by atoms with Crippen LogP contribution in [0.15, 0.2) is 59.1 Å². The number of benzene rings is 2. The fourth-order valence-electron chi connectivity index (χ4n) is 3.76. The molecule has 7 nitrogen and oxygen atoms in total. The van der Waals surface area contributed by atoms with Crippen LogP contribution in [-0.2, 0) is 16.4 Å². The van der Waals surface area contributed by atoms with Gasteiger partial charge in [0.2, 0.25) is 0 Å². The molecule has 1 atom stereocenters. The van der Waals surface area contributed by atoms with E-state index in [-0.39, 0.29) is 29.7 Å². The third-order valence-electron chi connectivity index (χ3n) is 5.57. The third-order valence-corrected chi connectivity index (χ3v) is 7.58. The first kappa shape index (κ1) is 22.4. The van der Waals surface area contributed by atoms with Gasteiger partial charge in [0.25, 0.3) is 5.91 Å². The Bertz CT molecular complexity index is 1200. The molecule has 0 radical (unpaired) electrons. The zero-order valence-corrected chi connectivity index (χ0v) is 19.4. The van der Waals surface area contributed by atoms with Crippen LogP contribution in [0, 0.1) is 0 Å². The third kappa shape index (κ3) is 4.97. The maximum Gasteiger partial charge on any atom is 0.276 e. The molecule has 1 fully saturated rings. The van der Waals surface area contributed by atoms with Gasteiger partial charge in [-0.1, -0.05) is 28.9 Å². The van der Waals surface area contributed by atoms with Gasteiger partial charge < -0.3 is 14.3 Å². The van der Waals surface area contributed by atoms with Crippen LogP contribution in [0.2, 0.25) is 5.02 Å². The lowest BCUT2D eigenvalue weighted by atomic mass is 10.1. The molecule has 0 spiro atoms. The number of halogens is 1. The van der Waals surface area contributed by atoms with Crippen molar-refractivity contribution in [3.05, 3.63) is 70.9 Å². The number of carbonyl (C=O) groups excluding carboxylic acids is 1. The van der Waals surface area contributed by atoms with E-state index in [1.807, 2.05) is 43.3 Å². The summed E-state index contributed by atoms with van der Waals surface area (Å²) in [6, 6.07) is 16.0. The first-order valence-corrected chi connectivity index (χ1v) is 12.4. The van der Waals surface area contributed by atoms with Crippen molar-refractivity contribution in [2.75, 3.05) is 30.5 Å². The van der Waals surface area contributed by atoms with E-state index in [2.05, 4.69) is 5.16 Å². The fourth-order valence-corrected chi connectivity index (χ4v) is 5.61. The van der Waals surface area contributed by atoms with Crippen LogP contribution < -0.4 is 4.90 Å². The Morgan fingerprint density at radius 2 is 1.81 bits per heavy atom. The maximum atomic E-state index is 13.4. The van der Waals surface area contributed by atoms with Crippen molar-refractivity contribution >= 4 is 33.0 Å². The number of sulfone groups is 1. The van der Waals surface area contributed by atoms with Crippen molar-refractivity contribution in [3.63, 3.8) is 0 Å². The summed E-state index contributed by atoms with van der Waals surface area (Å²) >= 11 is 5.94. The van der Waals surface area contributed by atoms with Crippen LogP contribution in [0.3, 0.4) is 0 Å². The molecule has 2 heterocycles. The summed E-state index contributed by atoms with van der Waals surface area (Å²) in [4.78, 5) is 17.0. The Balaban J connectivity index is 1.60. The normalized spacial score (nSPS) is 17.3. The molecule has 168 valence electrons. The average molecular weight is 474 g/mol. The molecule has 0 aliphatic carbocycles. The van der Waals surface area contributed by atoms with Gasteiger partial charge in [-0.3, -0.25) is 4.79 Å². The molecule has 9 heteroatoms. The molecule has 0 bridgehead atoms. The molecule has 1 saturated heterocycles. The molecule has 3 aromatic rings. The Labute approximate surface area is 192 Å². The van der Waals surface area contributed by atoms with E-state index in [9.17, 15) is 13.2 Å². The monoisotopic (exact) mass is 473 g/mol. The van der Waals surface area contributed by atoms with Crippen molar-refractivity contribution < 1.29 is 17.7 Å². The molecule has 32 heavy (non-hydrogen) atoms. The zero-order chi connectivity index (χ0) is 22.9. The number of aromatic nitrogens is 1. The van der Waals surface area contributed by atoms with Crippen LogP contribution >= 0.6 is 11.6 Å². The van der Waals surface area contributed by atoms with Gasteiger partial charge in [-0.2, -0.15) is 0 Å². The number of hydrogen-bond acceptors (Lipinski definition) is 6. The van der Waals surface area contributed by atoms with Gasteiger partial charge in [-0.15, -0.1) is 0 Å². The van der Waals surface area contributed by atoms with Gasteiger partial charge in [0.15, 0.2) is 21.3 Å². The highest BCUT2D eigenvalue weighted by molar-refractivity contribution is 7.91. The highest BCUT2D eigenvalue weighted by Gasteiger charge is 2.36. The molecular formula is C23H24ClN3O4S. The Morgan fingerprint density at radius 1 is 1.12 bits per heavy atom. The molecule has 1 aliphatic rings. The standard InChI is InChI=1S/C23H24ClN3O4S/c1-26(2)19-9-3-16(4-10-19)14-27(20-11-12-32(29,30)15-20)23(28)21-13-22(31-25-21)17-5-7-18(24)8-6-17/h3-10,13,20H,11-12,14-15H2,1-2H3/t20-/m1/s1. The van der Waals surface area contributed by atoms with Crippen LogP contribution in [0.5, 0.6) is 0 Å². The SMILES string of the molecule is CN(C)c1ccc(CN(C(=O)c2cc(-c3ccc(Cl)cc3)on2)[C@@H]2CCS(=O)(=O)C2)cc1. The van der Waals surface area contributed by atoms with E-state index in [4.69, 9.17) is 16.1 Å². The summed E-state index contributed by atoms with van der Waals surface area (Å²) in [7, 11) is 0.746. The number of hydrogen-bond donors (Lipinski definition) is 0. The highest BCUT2D eigenvalue weighted by Crippen LogP contribution is 2.26. The van der Waals surface area contributed by atoms with Crippen LogP contribution in [0.1, 0.15) is 22.5 Å². The molecule has 0 N–H and O–H groups in total. The summed E-state index contributed by atoms with van der Waals surface area (Å²) in [6.07, 6.45) is 0.408. The lowest BCUT2D eigenvalue weighted by molar-refractivity contribution is 0.0670. The van der Waals surface area contributed by atoms with Crippen molar-refractivity contribution in [1.29, 1.82) is 0 Å². The molecule has 1 amide bonds. The Hall–Kier alpha value is -2.84. The number of anilines is 1. The van der Waals surface area contributed by atoms with Crippen molar-refractivity contribution in [2.45, 2.75) is 19.0 Å². The van der Waals surface area contributed by atoms with E-state index in [0.717, 1.165) is 16.8 Å². The molecule has 0 unspecified atom stereocenters. The van der Waals surface area contributed by atoms with E-state index >= 15 is 0 Å². The first-order chi connectivity index (χ1) is 15.2. The predicted molar refractivity (Wildman–Crippen MR) is 125 cm³/mol. The topological polar surface area (TPSA) is 83.7 Å². The van der Waals surface area contributed by atoms with E-state index in [0.29, 0.717) is 17.2 Å². The zero-order valence-electron chi connectivity index (χ0n) is 17.9. The van der Waals surface area contributed by atoms with Crippen molar-refractivity contribution in [3.8, 4) is 11.3 Å². The lowest BCUT2D eigenvalue weighted by Crippen LogP contribution is -2.40. The van der Waals surface area contributed by atoms with E-state index in [1.54, 1.807) is 35.2 Å². The maximum absolute atomic E-state index is 13.4. The summed E-state index contributed by atoms with van der Waals surface area (Å²) in [6.45, 7) is 0.288. The van der Waals surface area contributed by atoms with Crippen LogP contribution in [-0.4, -0.2) is 56.0 Å². The van der Waals surface area contributed by atoms with Gasteiger partial charge in [0, 0.05) is 49.0 Å². The number of rotatable bonds is 6. The number of carbonyl (C=O) groups is 1. The second-order valence-electron chi connectivity index (χ2n) is 8.13. The summed E-state index contributed by atoms with van der Waals surface area (Å²) in [5, 5.41) is 4.56. The van der Waals surface area contributed by atoms with E-state index < -0.39 is 15.9 Å². The van der Waals surface area contributed by atoms with Gasteiger partial charge in [-0.25, -0.2) is 8.42 Å². The number of amides is 1. The molecule has 4 rings (SSSR count). The second kappa shape index (κ2) is 8.96. The summed E-state index contributed by atoms with van der Waals surface area (Å²) < 4.78 is 29.6. The highest BCUT2D eigenvalue weighted by atomic mass is 35.5. The van der Waals surface area contributed by atoms with Gasteiger partial charge >= 0.3 is 0 Å². The van der Waals surface area contributed by atoms with Crippen molar-refractivity contribution in [1.82, 2.24) is 10.1 Å². The number of nitrogens with zero attached hydrogens (tertiary/aromatic N) is 3. The second-order valence-corrected chi connectivity index (χ2v) is 10.8. The minimum absolute atomic E-state index is 0.0452.